The molecule has 0 aromatic rings. The molecule has 2 spiro atoms. The molecule has 0 bridgehead atoms. The minimum absolute atomic E-state index is 0. The minimum atomic E-state index is -0.565. The first-order valence-electron chi connectivity index (χ1n) is 35.9. The van der Waals surface area contributed by atoms with Gasteiger partial charge in [0.25, 0.3) is 0 Å². The van der Waals surface area contributed by atoms with Crippen LogP contribution in [0.5, 0.6) is 0 Å². The van der Waals surface area contributed by atoms with Gasteiger partial charge in [0.05, 0.1) is 30.0 Å². The van der Waals surface area contributed by atoms with Crippen molar-refractivity contribution in [2.24, 2.45) is 70.0 Å². The number of carbonyl (C=O) groups is 7. The largest absolute Gasteiger partial charge is 1.00 e. The molecule has 5 N–H and O–H groups in total. The number of ether oxygens (including phenoxy) is 5. The monoisotopic (exact) mass is 1360 g/mol. The van der Waals surface area contributed by atoms with Crippen LogP contribution in [0.2, 0.25) is 0 Å². The molecule has 537 valence electrons. The number of allylic oxidation sites excluding steroid dienone is 6. The maximum Gasteiger partial charge on any atom is 1.00 e. The van der Waals surface area contributed by atoms with Gasteiger partial charge in [-0.2, -0.15) is 6.92 Å². The second-order valence-electron chi connectivity index (χ2n) is 32.8. The van der Waals surface area contributed by atoms with Crippen molar-refractivity contribution >= 4 is 56.0 Å². The third kappa shape index (κ3) is 19.6. The summed E-state index contributed by atoms with van der Waals surface area (Å²) >= 11 is 0. The van der Waals surface area contributed by atoms with Crippen LogP contribution in [0.4, 0.5) is 9.59 Å². The van der Waals surface area contributed by atoms with E-state index in [0.29, 0.717) is 72.2 Å². The van der Waals surface area contributed by atoms with Crippen LogP contribution >= 0.6 is 0 Å². The molecular weight excluding hydrogens is 1240 g/mol. The zero-order valence-corrected chi connectivity index (χ0v) is 64.3. The van der Waals surface area contributed by atoms with Crippen molar-refractivity contribution in [3.05, 3.63) is 45.6 Å². The van der Waals surface area contributed by atoms with E-state index >= 15 is 0 Å². The van der Waals surface area contributed by atoms with Gasteiger partial charge in [-0.25, -0.2) is 9.59 Å². The third-order valence-electron chi connectivity index (χ3n) is 24.2. The molecule has 97 heavy (non-hydrogen) atoms. The van der Waals surface area contributed by atoms with Crippen molar-refractivity contribution in [3.8, 4) is 0 Å². The van der Waals surface area contributed by atoms with Crippen LogP contribution < -0.4 is 45.5 Å². The molecule has 4 saturated carbocycles. The second kappa shape index (κ2) is 34.8. The van der Waals surface area contributed by atoms with Crippen LogP contribution in [0.15, 0.2) is 45.6 Å². The number of likely N-dealkylation sites (tertiary alicyclic amines) is 1. The summed E-state index contributed by atoms with van der Waals surface area (Å²) in [6, 6.07) is 0.942. The van der Waals surface area contributed by atoms with E-state index in [0.717, 1.165) is 113 Å². The van der Waals surface area contributed by atoms with Crippen molar-refractivity contribution < 1.29 is 102 Å². The Bertz CT molecular complexity index is 2940. The summed E-state index contributed by atoms with van der Waals surface area (Å²) < 4.78 is 36.3. The Morgan fingerprint density at radius 3 is 1.59 bits per heavy atom. The van der Waals surface area contributed by atoms with Gasteiger partial charge in [0.15, 0.2) is 11.6 Å². The number of rotatable bonds is 5. The van der Waals surface area contributed by atoms with Gasteiger partial charge in [-0.3, -0.25) is 30.4 Å². The normalized spacial score (nSPS) is 36.5. The molecule has 21 heteroatoms. The number of hydrogen-bond donors (Lipinski definition) is 3. The summed E-state index contributed by atoms with van der Waals surface area (Å²) in [5.74, 6) is 6.38. The smallest absolute Gasteiger partial charge is 1.00 e. The first-order valence-corrected chi connectivity index (χ1v) is 35.9. The molecule has 4 heterocycles. The van der Waals surface area contributed by atoms with Crippen LogP contribution in [0.1, 0.15) is 233 Å². The van der Waals surface area contributed by atoms with Crippen LogP contribution in [0.25, 0.3) is 0 Å². The fourth-order valence-corrected chi connectivity index (χ4v) is 20.1. The number of carbonyl (C=O) groups excluding carboxylic acids is 8. The van der Waals surface area contributed by atoms with E-state index in [1.165, 1.54) is 89.6 Å². The Morgan fingerprint density at radius 2 is 1.14 bits per heavy atom. The first kappa shape index (κ1) is 83.6. The van der Waals surface area contributed by atoms with Gasteiger partial charge in [0.2, 0.25) is 0 Å². The zero-order valence-electron chi connectivity index (χ0n) is 62.3. The Hall–Kier alpha value is -4.02. The van der Waals surface area contributed by atoms with Crippen molar-refractivity contribution in [1.29, 1.82) is 0 Å². The molecule has 12 rings (SSSR count). The number of aldehydes is 1. The van der Waals surface area contributed by atoms with E-state index in [-0.39, 0.29) is 75.8 Å². The minimum Gasteiger partial charge on any atom is 1.00 e. The summed E-state index contributed by atoms with van der Waals surface area (Å²) in [4.78, 5) is 88.1. The van der Waals surface area contributed by atoms with E-state index in [1.807, 2.05) is 32.9 Å². The maximum atomic E-state index is 12.3. The van der Waals surface area contributed by atoms with Gasteiger partial charge in [0.1, 0.15) is 17.5 Å². The standard InChI is InChI=1S/C35H54N2O4.C28H41NO2.C7H13NO3.C4H6O3.C2H3O.BO.Na.H2O/c1-21-16-30-31(37(20-21)15-14-36-32(39)41-33(4,5)6)23(3)35(40-30)13-11-26-27-9-8-24-17-25(38)10-12-34(24,7)29(27)18-28(26)22(2)19-35;1-16-11-25-26(29-15-16)18(3)28(31-25)10-8-21-22-6-5-19-12-20(30)7-9-27(19,4)24(22)13-23(21)17(2)14-28;1-7(2,3)11-6(10)8-4-5-9;1-3(5)7-4(2)6;1-2-3;1-2;;/h17,21,23,26-27,29-31H,8-16,18-20H2,1-7H3,(H,36,39);12,16,18,21-22,24-26,29H,5-11,13-15H2,1-4H3;5H,4H2,1-3H3,(H,8,10);1-2H3;1H3;;;1H2/q;;;;-1;;+1;/t21-,23+,26-,27-,29-,30+,31-,34-,35-;16-,18+,21-,22-,24-,25+,26-,27-,28-;;;;;;/m00....../s1. The first-order chi connectivity index (χ1) is 44.6. The number of ketones is 2. The molecular formula is C76H119BN4NaO15. The van der Waals surface area contributed by atoms with Gasteiger partial charge >= 0.3 is 66.1 Å². The van der Waals surface area contributed by atoms with Gasteiger partial charge in [-0.05, 0) is 235 Å². The Labute approximate surface area is 603 Å². The molecule has 12 aliphatic rings. The quantitative estimate of drug-likeness (QED) is 0.0440. The number of nitrogens with one attached hydrogen (secondary N) is 3. The second-order valence-corrected chi connectivity index (χ2v) is 32.8. The van der Waals surface area contributed by atoms with E-state index in [4.69, 9.17) is 28.4 Å². The number of nitrogens with zero attached hydrogens (tertiary/aromatic N) is 1. The molecule has 4 saturated heterocycles. The number of amides is 2. The number of piperidine rings is 2. The number of alkyl carbamates (subject to hydrolysis) is 2. The number of esters is 2. The van der Waals surface area contributed by atoms with Gasteiger partial charge in [0, 0.05) is 70.2 Å². The third-order valence-corrected chi connectivity index (χ3v) is 24.2. The fourth-order valence-electron chi connectivity index (χ4n) is 20.1. The molecule has 19 nitrogen and oxygen atoms in total. The van der Waals surface area contributed by atoms with Crippen LogP contribution in [-0.4, -0.2) is 146 Å². The Morgan fingerprint density at radius 1 is 0.701 bits per heavy atom. The summed E-state index contributed by atoms with van der Waals surface area (Å²) in [6.45, 7) is 37.7. The van der Waals surface area contributed by atoms with Gasteiger partial charge < -0.3 is 54.7 Å². The number of fused-ring (bicyclic) bond motifs is 12. The molecule has 0 unspecified atom stereocenters. The van der Waals surface area contributed by atoms with Crippen molar-refractivity contribution in [1.82, 2.24) is 20.9 Å². The van der Waals surface area contributed by atoms with Crippen molar-refractivity contribution in [2.75, 3.05) is 32.7 Å². The Balaban J connectivity index is 0.000000266. The molecule has 8 aliphatic carbocycles. The molecule has 4 aliphatic heterocycles. The SMILES string of the molecule is CC(=O)OC(C)=O.CC(C)(C)OC(=O)NCC=O.CC1=C2C[C@H]3[C@@H](CCC4=CC(=O)CC[C@@]43C)[C@@H]2CC[C@@]2(C1)O[C@@H]1C[C@H](C)CN(CCNC(=O)OC(C)(C)C)[C@H]1[C@H]2C.CC1=C2C[C@H]3[C@@H](CCC4=CC(=O)CC[C@@]43C)[C@@H]2CC[C@@]2(C1)O[C@@H]1C[C@H](C)CN[C@H]1[C@H]2C.C[C-]=O.O.[B]=O.[Na+]. The summed E-state index contributed by atoms with van der Waals surface area (Å²) in [6.07, 6.45) is 26.3. The molecule has 0 aromatic carbocycles. The van der Waals surface area contributed by atoms with E-state index in [2.05, 4.69) is 88.7 Å². The van der Waals surface area contributed by atoms with Gasteiger partial charge in [-0.15, -0.1) is 0 Å². The predicted molar refractivity (Wildman–Crippen MR) is 369 cm³/mol. The maximum absolute atomic E-state index is 12.3. The molecule has 0 aromatic heterocycles. The summed E-state index contributed by atoms with van der Waals surface area (Å²) in [7, 11) is 3.25. The van der Waals surface area contributed by atoms with E-state index in [9.17, 15) is 33.6 Å². The van der Waals surface area contributed by atoms with E-state index in [1.54, 1.807) is 43.1 Å². The average molecular weight is 1360 g/mol. The fraction of sp³-hybridized carbons (Fsp3) is 0.789. The van der Waals surface area contributed by atoms with Crippen LogP contribution in [0.3, 0.4) is 0 Å². The van der Waals surface area contributed by atoms with Gasteiger partial charge in [-0.1, -0.05) is 75.0 Å². The van der Waals surface area contributed by atoms with E-state index < -0.39 is 29.2 Å². The predicted octanol–water partition coefficient (Wildman–Crippen LogP) is 9.04. The van der Waals surface area contributed by atoms with Crippen molar-refractivity contribution in [3.63, 3.8) is 0 Å². The van der Waals surface area contributed by atoms with Crippen LogP contribution in [0, 0.1) is 70.0 Å². The topological polar surface area (TPSA) is 271 Å². The zero-order chi connectivity index (χ0) is 70.3. The van der Waals surface area contributed by atoms with Crippen molar-refractivity contribution in [2.45, 2.75) is 280 Å². The average Bonchev–Trinajstić information content (AvgIpc) is 1.61. The summed E-state index contributed by atoms with van der Waals surface area (Å²) in [5, 5.41) is 9.10. The number of hydrogen-bond acceptors (Lipinski definition) is 16. The van der Waals surface area contributed by atoms with Crippen LogP contribution in [-0.2, 0) is 57.2 Å². The summed E-state index contributed by atoms with van der Waals surface area (Å²) in [5.41, 5.74) is 9.16. The molecule has 18 atom stereocenters. The molecule has 8 fully saturated rings. The molecule has 2 amide bonds. The molecule has 1 radical (unpaired) electrons. The Kier molecular flexibility index (Phi) is 30.0.